The smallest absolute Gasteiger partial charge is 0.321 e. The molecule has 0 spiro atoms. The Morgan fingerprint density at radius 3 is 2.24 bits per heavy atom. The number of halogens is 3. The molecule has 0 saturated carbocycles. The van der Waals surface area contributed by atoms with E-state index >= 15 is 0 Å². The number of rotatable bonds is 4. The fraction of sp³-hybridized carbons (Fsp3) is 0.0417. The zero-order valence-corrected chi connectivity index (χ0v) is 19.2. The molecule has 10 heteroatoms. The number of nitrogens with one attached hydrogen (secondary N) is 3. The molecule has 1 aromatic heterocycles. The Balaban J connectivity index is 1.62. The third kappa shape index (κ3) is 5.03. The number of aryl methyl sites for hydroxylation is 1. The Bertz CT molecular complexity index is 1430. The molecule has 0 aliphatic rings. The first kappa shape index (κ1) is 23.3. The van der Waals surface area contributed by atoms with Gasteiger partial charge in [-0.2, -0.15) is 0 Å². The fourth-order valence-corrected chi connectivity index (χ4v) is 3.57. The quantitative estimate of drug-likeness (QED) is 0.331. The minimum absolute atomic E-state index is 0.0527. The Labute approximate surface area is 203 Å². The van der Waals surface area contributed by atoms with E-state index in [2.05, 4.69) is 16.1 Å². The predicted octanol–water partition coefficient (Wildman–Crippen LogP) is 5.36. The molecule has 0 aliphatic carbocycles. The summed E-state index contributed by atoms with van der Waals surface area (Å²) < 4.78 is 14.3. The number of nitrogens with zero attached hydrogens (tertiary/aromatic N) is 1. The molecular weight excluding hydrogens is 482 g/mol. The lowest BCUT2D eigenvalue weighted by atomic mass is 10.2. The van der Waals surface area contributed by atoms with Gasteiger partial charge in [-0.1, -0.05) is 29.3 Å². The predicted molar refractivity (Wildman–Crippen MR) is 130 cm³/mol. The van der Waals surface area contributed by atoms with Gasteiger partial charge in [0.15, 0.2) is 0 Å². The zero-order valence-electron chi connectivity index (χ0n) is 17.7. The summed E-state index contributed by atoms with van der Waals surface area (Å²) in [5.41, 5.74) is 4.47. The normalized spacial score (nSPS) is 10.7. The third-order valence-electron chi connectivity index (χ3n) is 4.95. The molecule has 4 rings (SSSR count). The van der Waals surface area contributed by atoms with Crippen LogP contribution in [0.25, 0.3) is 10.9 Å². The topological polar surface area (TPSA) is 92.2 Å². The highest BCUT2D eigenvalue weighted by molar-refractivity contribution is 6.42. The van der Waals surface area contributed by atoms with Crippen LogP contribution in [-0.4, -0.2) is 22.4 Å². The average molecular weight is 499 g/mol. The highest BCUT2D eigenvalue weighted by Gasteiger charge is 2.21. The van der Waals surface area contributed by atoms with Crippen LogP contribution in [0.3, 0.4) is 0 Å². The maximum absolute atomic E-state index is 13.1. The number of hydrogen-bond donors (Lipinski definition) is 3. The summed E-state index contributed by atoms with van der Waals surface area (Å²) in [6, 6.07) is 16.3. The van der Waals surface area contributed by atoms with Crippen LogP contribution in [0.15, 0.2) is 66.7 Å². The molecule has 0 saturated heterocycles. The van der Waals surface area contributed by atoms with Crippen molar-refractivity contribution in [3.05, 3.63) is 93.8 Å². The molecule has 3 amide bonds. The van der Waals surface area contributed by atoms with Crippen LogP contribution in [0.4, 0.5) is 15.8 Å². The largest absolute Gasteiger partial charge is 0.328 e. The van der Waals surface area contributed by atoms with Crippen molar-refractivity contribution < 1.29 is 18.8 Å². The molecule has 172 valence electrons. The van der Waals surface area contributed by atoms with Crippen LogP contribution in [0, 0.1) is 12.7 Å². The number of anilines is 2. The van der Waals surface area contributed by atoms with Gasteiger partial charge in [-0.05, 0) is 73.2 Å². The van der Waals surface area contributed by atoms with E-state index in [-0.39, 0.29) is 11.4 Å². The Hall–Kier alpha value is -3.88. The highest BCUT2D eigenvalue weighted by atomic mass is 35.5. The Morgan fingerprint density at radius 2 is 1.53 bits per heavy atom. The number of hydrogen-bond acceptors (Lipinski definition) is 3. The Kier molecular flexibility index (Phi) is 6.54. The summed E-state index contributed by atoms with van der Waals surface area (Å²) >= 11 is 12.2. The molecule has 0 aliphatic heterocycles. The number of carbonyl (C=O) groups is 3. The lowest BCUT2D eigenvalue weighted by Crippen LogP contribution is -2.36. The molecule has 1 heterocycles. The minimum atomic E-state index is -1.04. The molecule has 0 radical (unpaired) electrons. The molecule has 0 atom stereocenters. The van der Waals surface area contributed by atoms with E-state index in [0.29, 0.717) is 26.6 Å². The molecule has 34 heavy (non-hydrogen) atoms. The Morgan fingerprint density at radius 1 is 0.824 bits per heavy atom. The summed E-state index contributed by atoms with van der Waals surface area (Å²) in [6.45, 7) is 1.84. The summed E-state index contributed by atoms with van der Waals surface area (Å²) in [7, 11) is 0. The zero-order chi connectivity index (χ0) is 24.4. The number of benzene rings is 3. The standard InChI is InChI=1S/C24H17Cl2FN4O3/c1-13-2-6-18(12-19(13)26)29-22(32)21-11-14-10-15(25)3-9-20(14)31(21)30-24(34)23(33)28-17-7-4-16(27)5-8-17/h2-12H,1H3,(H,28,33)(H,29,32)(H,30,34). The van der Waals surface area contributed by atoms with E-state index < -0.39 is 23.5 Å². The van der Waals surface area contributed by atoms with Crippen molar-refractivity contribution in [2.75, 3.05) is 16.1 Å². The van der Waals surface area contributed by atoms with E-state index in [1.54, 1.807) is 36.4 Å². The van der Waals surface area contributed by atoms with Crippen molar-refractivity contribution in [2.24, 2.45) is 0 Å². The van der Waals surface area contributed by atoms with E-state index in [9.17, 15) is 18.8 Å². The summed E-state index contributed by atoms with van der Waals surface area (Å²) in [5.74, 6) is -3.07. The van der Waals surface area contributed by atoms with Crippen molar-refractivity contribution in [3.8, 4) is 0 Å². The van der Waals surface area contributed by atoms with E-state index in [1.807, 2.05) is 6.92 Å². The number of fused-ring (bicyclic) bond motifs is 1. The van der Waals surface area contributed by atoms with Crippen LogP contribution >= 0.6 is 23.2 Å². The lowest BCUT2D eigenvalue weighted by Gasteiger charge is -2.13. The van der Waals surface area contributed by atoms with Gasteiger partial charge in [0.1, 0.15) is 11.5 Å². The summed E-state index contributed by atoms with van der Waals surface area (Å²) in [4.78, 5) is 38.1. The average Bonchev–Trinajstić information content (AvgIpc) is 3.15. The monoisotopic (exact) mass is 498 g/mol. The van der Waals surface area contributed by atoms with E-state index in [1.165, 1.54) is 22.9 Å². The van der Waals surface area contributed by atoms with Gasteiger partial charge in [-0.15, -0.1) is 0 Å². The van der Waals surface area contributed by atoms with Gasteiger partial charge >= 0.3 is 11.8 Å². The second-order valence-electron chi connectivity index (χ2n) is 7.39. The molecule has 7 nitrogen and oxygen atoms in total. The van der Waals surface area contributed by atoms with Crippen molar-refractivity contribution in [1.29, 1.82) is 0 Å². The number of amides is 3. The van der Waals surface area contributed by atoms with Crippen LogP contribution in [0.2, 0.25) is 10.0 Å². The first-order valence-corrected chi connectivity index (χ1v) is 10.7. The van der Waals surface area contributed by atoms with Gasteiger partial charge in [-0.25, -0.2) is 9.07 Å². The van der Waals surface area contributed by atoms with Crippen molar-refractivity contribution in [3.63, 3.8) is 0 Å². The third-order valence-corrected chi connectivity index (χ3v) is 5.59. The number of aromatic nitrogens is 1. The van der Waals surface area contributed by atoms with Gasteiger partial charge in [0, 0.05) is 26.8 Å². The van der Waals surface area contributed by atoms with E-state index in [4.69, 9.17) is 23.2 Å². The van der Waals surface area contributed by atoms with Gasteiger partial charge in [0.25, 0.3) is 5.91 Å². The second-order valence-corrected chi connectivity index (χ2v) is 8.23. The molecule has 0 unspecified atom stereocenters. The van der Waals surface area contributed by atoms with Crippen molar-refractivity contribution in [2.45, 2.75) is 6.92 Å². The van der Waals surface area contributed by atoms with Crippen LogP contribution in [0.1, 0.15) is 16.1 Å². The first-order valence-electron chi connectivity index (χ1n) is 9.97. The summed E-state index contributed by atoms with van der Waals surface area (Å²) in [6.07, 6.45) is 0. The maximum atomic E-state index is 13.1. The maximum Gasteiger partial charge on any atom is 0.328 e. The molecule has 3 aromatic carbocycles. The van der Waals surface area contributed by atoms with Gasteiger partial charge in [0.05, 0.1) is 5.52 Å². The summed E-state index contributed by atoms with van der Waals surface area (Å²) in [5, 5.41) is 6.58. The van der Waals surface area contributed by atoms with Crippen LogP contribution in [-0.2, 0) is 9.59 Å². The fourth-order valence-electron chi connectivity index (χ4n) is 3.21. The lowest BCUT2D eigenvalue weighted by molar-refractivity contribution is -0.133. The minimum Gasteiger partial charge on any atom is -0.321 e. The van der Waals surface area contributed by atoms with Crippen molar-refractivity contribution >= 4 is 63.2 Å². The highest BCUT2D eigenvalue weighted by Crippen LogP contribution is 2.25. The van der Waals surface area contributed by atoms with Crippen molar-refractivity contribution in [1.82, 2.24) is 4.68 Å². The van der Waals surface area contributed by atoms with Crippen LogP contribution in [0.5, 0.6) is 0 Å². The van der Waals surface area contributed by atoms with Crippen LogP contribution < -0.4 is 16.1 Å². The van der Waals surface area contributed by atoms with E-state index in [0.717, 1.165) is 17.7 Å². The van der Waals surface area contributed by atoms with Gasteiger partial charge in [-0.3, -0.25) is 19.8 Å². The number of carbonyl (C=O) groups excluding carboxylic acids is 3. The SMILES string of the molecule is Cc1ccc(NC(=O)c2cc3cc(Cl)ccc3n2NC(=O)C(=O)Nc2ccc(F)cc2)cc1Cl. The molecule has 0 fully saturated rings. The molecule has 3 N–H and O–H groups in total. The molecule has 4 aromatic rings. The van der Waals surface area contributed by atoms with Gasteiger partial charge in [0.2, 0.25) is 0 Å². The second kappa shape index (κ2) is 9.54. The molecular formula is C24H17Cl2FN4O3. The van der Waals surface area contributed by atoms with Gasteiger partial charge < -0.3 is 10.6 Å². The first-order chi connectivity index (χ1) is 16.2. The molecule has 0 bridgehead atoms.